The summed E-state index contributed by atoms with van der Waals surface area (Å²) in [5.41, 5.74) is 12.6. The summed E-state index contributed by atoms with van der Waals surface area (Å²) in [6.07, 6.45) is 6.93. The molecule has 0 aromatic heterocycles. The highest BCUT2D eigenvalue weighted by Crippen LogP contribution is 2.54. The number of aryl methyl sites for hydroxylation is 1. The summed E-state index contributed by atoms with van der Waals surface area (Å²) in [6.45, 7) is 0.730. The molecule has 2 heterocycles. The molecule has 8 aliphatic rings. The summed E-state index contributed by atoms with van der Waals surface area (Å²) in [7, 11) is 1.86. The van der Waals surface area contributed by atoms with Gasteiger partial charge in [0.1, 0.15) is 23.4 Å². The maximum atomic E-state index is 16.4. The summed E-state index contributed by atoms with van der Waals surface area (Å²) < 4.78 is 26.5. The minimum atomic E-state index is -3.10. The number of aromatic hydroxyl groups is 1. The highest BCUT2D eigenvalue weighted by Gasteiger charge is 2.59. The van der Waals surface area contributed by atoms with Gasteiger partial charge in [-0.25, -0.2) is 4.99 Å². The number of aliphatic hydroxyl groups excluding tert-OH is 3. The molecule has 4 bridgehead atoms. The quantitative estimate of drug-likeness (QED) is 0.0225. The number of benzene rings is 4. The Morgan fingerprint density at radius 2 is 1.69 bits per heavy atom. The van der Waals surface area contributed by atoms with Gasteiger partial charge < -0.3 is 76.8 Å². The third-order valence-electron chi connectivity index (χ3n) is 20.8. The van der Waals surface area contributed by atoms with Gasteiger partial charge in [0.25, 0.3) is 0 Å². The van der Waals surface area contributed by atoms with Gasteiger partial charge in [0.15, 0.2) is 29.9 Å². The molecule has 1 saturated heterocycles. The number of phenolic OH excluding ortho intramolecular Hbond substituents is 1. The van der Waals surface area contributed by atoms with E-state index in [9.17, 15) is 45.3 Å². The molecule has 3 saturated carbocycles. The lowest BCUT2D eigenvalue weighted by atomic mass is 9.61. The number of nitrogens with two attached hydrogens (primary N) is 2. The average molecular weight is 1250 g/mol. The van der Waals surface area contributed by atoms with Crippen molar-refractivity contribution in [1.82, 2.24) is 10.6 Å². The van der Waals surface area contributed by atoms with Crippen LogP contribution in [0, 0.1) is 29.6 Å². The van der Waals surface area contributed by atoms with Crippen molar-refractivity contribution < 1.29 is 73.9 Å². The third kappa shape index (κ3) is 12.4. The number of nitrogens with one attached hydrogen (secondary N) is 2. The predicted octanol–water partition coefficient (Wildman–Crippen LogP) is 5.60. The van der Waals surface area contributed by atoms with Crippen LogP contribution in [0.15, 0.2) is 47.5 Å². The minimum Gasteiger partial charge on any atom is -0.507 e. The van der Waals surface area contributed by atoms with Gasteiger partial charge in [-0.15, -0.1) is 0 Å². The van der Waals surface area contributed by atoms with Crippen molar-refractivity contribution in [3.8, 4) is 29.1 Å². The SMILES string of the molecule is CNC[C@@H]1CC[C@@H]2CCc3ccc(Cc4c(O)c5c6c(c4O[C@H]4O[C@@H](C7CCCC7)[C@@H](O)C(O)(O)[C@H]4OC[C@@H]4CC7(CCCCC7)NC(N)=N4)CC#C[C@H](N)CC[C@H](O)Cc4cccc(c4)/C=C/c4c(OC(C)=O)cc(CO)c(c4C6=O)C5=O)c(C=O)c3[C@]2(O)C1. The van der Waals surface area contributed by atoms with E-state index >= 15 is 9.59 Å². The molecule has 4 fully saturated rings. The fourth-order valence-corrected chi connectivity index (χ4v) is 16.5. The van der Waals surface area contributed by atoms with Gasteiger partial charge in [-0.05, 0) is 160 Å². The maximum absolute atomic E-state index is 16.4. The van der Waals surface area contributed by atoms with Crippen LogP contribution >= 0.6 is 0 Å². The van der Waals surface area contributed by atoms with Crippen molar-refractivity contribution in [2.45, 2.75) is 202 Å². The smallest absolute Gasteiger partial charge is 0.308 e. The van der Waals surface area contributed by atoms with Crippen LogP contribution in [0.5, 0.6) is 17.2 Å². The Hall–Kier alpha value is -6.87. The van der Waals surface area contributed by atoms with Crippen molar-refractivity contribution in [3.05, 3.63) is 120 Å². The highest BCUT2D eigenvalue weighted by atomic mass is 16.7. The van der Waals surface area contributed by atoms with E-state index in [4.69, 9.17) is 30.4 Å². The second-order valence-corrected chi connectivity index (χ2v) is 26.9. The highest BCUT2D eigenvalue weighted by molar-refractivity contribution is 6.32. The molecule has 91 heavy (non-hydrogen) atoms. The number of carbonyl (C=O) groups excluding carboxylic acids is 4. The number of phenols is 1. The first-order chi connectivity index (χ1) is 43.7. The van der Waals surface area contributed by atoms with Crippen LogP contribution in [-0.2, 0) is 52.2 Å². The van der Waals surface area contributed by atoms with E-state index < -0.39 is 114 Å². The van der Waals surface area contributed by atoms with Gasteiger partial charge in [-0.2, -0.15) is 0 Å². The number of nitrogens with zero attached hydrogens (tertiary/aromatic N) is 1. The minimum absolute atomic E-state index is 0.0253. The molecule has 10 atom stereocenters. The van der Waals surface area contributed by atoms with Gasteiger partial charge in [-0.3, -0.25) is 19.2 Å². The van der Waals surface area contributed by atoms with Crippen LogP contribution in [0.1, 0.15) is 202 Å². The number of aliphatic imine (C=N–C) groups is 1. The first kappa shape index (κ1) is 64.2. The number of esters is 1. The second-order valence-electron chi connectivity index (χ2n) is 26.9. The van der Waals surface area contributed by atoms with Crippen molar-refractivity contribution in [1.29, 1.82) is 0 Å². The summed E-state index contributed by atoms with van der Waals surface area (Å²) in [4.78, 5) is 64.1. The van der Waals surface area contributed by atoms with Crippen LogP contribution in [0.2, 0.25) is 0 Å². The van der Waals surface area contributed by atoms with Crippen LogP contribution in [0.25, 0.3) is 12.2 Å². The van der Waals surface area contributed by atoms with Gasteiger partial charge in [0, 0.05) is 64.2 Å². The molecule has 1 spiro atoms. The Balaban J connectivity index is 1.09. The summed E-state index contributed by atoms with van der Waals surface area (Å²) in [6, 6.07) is 10.7. The molecular weight excluding hydrogens is 1160 g/mol. The van der Waals surface area contributed by atoms with Gasteiger partial charge in [-0.1, -0.05) is 86.4 Å². The number of fused-ring (bicyclic) bond motifs is 5. The van der Waals surface area contributed by atoms with Crippen molar-refractivity contribution in [2.24, 2.45) is 34.2 Å². The third-order valence-corrected chi connectivity index (χ3v) is 20.8. The van der Waals surface area contributed by atoms with E-state index in [0.29, 0.717) is 68.0 Å². The van der Waals surface area contributed by atoms with Gasteiger partial charge >= 0.3 is 5.97 Å². The number of rotatable bonds is 13. The van der Waals surface area contributed by atoms with Crippen LogP contribution < -0.4 is 31.6 Å². The standard InChI is InChI=1S/C71H85N5O15/c1-38(79)89-54-31-45(35-77)55-56-50(54)25-17-39-10-8-11-40(28-39)29-49(80)24-23-47(72)14-9-15-51-57(62(56)83)58(61(55)82)60(81)52(30-44-19-18-42-20-22-46-21-16-41(34-74-2)32-70(46,85)59(42)53(44)36-78)64(51)91-67-66(71(86,87)65(84)63(90-67)43-12-4-5-13-43)88-37-48-33-69(76-68(73)75-48)26-6-3-7-27-69/h8,10-11,17-19,25,28,31,36,41,43,46-49,63,65-67,74,77,80-81,84-87H,3-7,12-13,15-16,20-24,26-27,29-30,32-35,37,72H2,1-2H3,(H3,73,75,76)/b25-17+/t41-,46-,47+,48+,49+,63+,65-,66+,67-,70+/m1/s1. The van der Waals surface area contributed by atoms with Crippen molar-refractivity contribution in [2.75, 3.05) is 20.2 Å². The Morgan fingerprint density at radius 3 is 2.44 bits per heavy atom. The number of aliphatic hydroxyl groups is 6. The molecule has 0 radical (unpaired) electrons. The summed E-state index contributed by atoms with van der Waals surface area (Å²) in [5, 5.41) is 93.0. The van der Waals surface area contributed by atoms with E-state index in [2.05, 4.69) is 27.5 Å². The Labute approximate surface area is 529 Å². The zero-order valence-electron chi connectivity index (χ0n) is 51.8. The Morgan fingerprint density at radius 1 is 0.912 bits per heavy atom. The van der Waals surface area contributed by atoms with Crippen molar-refractivity contribution >= 4 is 41.9 Å². The molecule has 12 rings (SSSR count). The number of hydrogen-bond donors (Lipinski definition) is 11. The number of carbonyl (C=O) groups is 4. The summed E-state index contributed by atoms with van der Waals surface area (Å²) in [5.74, 6) is -0.987. The number of ketones is 2. The number of aldehydes is 1. The topological polar surface area (TPSA) is 335 Å². The lowest BCUT2D eigenvalue weighted by Gasteiger charge is -2.49. The fourth-order valence-electron chi connectivity index (χ4n) is 16.5. The van der Waals surface area contributed by atoms with E-state index in [1.165, 1.54) is 19.1 Å². The molecule has 20 heteroatoms. The molecule has 484 valence electrons. The number of guanidine groups is 1. The lowest BCUT2D eigenvalue weighted by molar-refractivity contribution is -0.386. The van der Waals surface area contributed by atoms with Gasteiger partial charge in [0.05, 0.1) is 48.7 Å². The molecule has 0 unspecified atom stereocenters. The number of hydrogen-bond acceptors (Lipinski definition) is 20. The van der Waals surface area contributed by atoms with Crippen LogP contribution in [0.4, 0.5) is 0 Å². The zero-order valence-corrected chi connectivity index (χ0v) is 51.8. The molecule has 13 N–H and O–H groups in total. The largest absolute Gasteiger partial charge is 0.507 e. The lowest BCUT2D eigenvalue weighted by Crippen LogP contribution is -2.69. The maximum Gasteiger partial charge on any atom is 0.308 e. The van der Waals surface area contributed by atoms with Crippen LogP contribution in [-0.4, -0.2) is 140 Å². The average Bonchev–Trinajstić information content (AvgIpc) is 0.914. The van der Waals surface area contributed by atoms with Crippen molar-refractivity contribution in [3.63, 3.8) is 0 Å². The van der Waals surface area contributed by atoms with E-state index in [1.807, 2.05) is 25.2 Å². The molecule has 4 aromatic rings. The Bertz CT molecular complexity index is 3630. The first-order valence-electron chi connectivity index (χ1n) is 32.6. The normalized spacial score (nSPS) is 28.8. The first-order valence-corrected chi connectivity index (χ1v) is 32.6. The van der Waals surface area contributed by atoms with Crippen LogP contribution in [0.3, 0.4) is 0 Å². The molecular formula is C71H85N5O15. The number of ether oxygens (including phenoxy) is 4. The van der Waals surface area contributed by atoms with E-state index in [-0.39, 0.29) is 99.6 Å². The second kappa shape index (κ2) is 26.3. The summed E-state index contributed by atoms with van der Waals surface area (Å²) >= 11 is 0. The molecule has 0 amide bonds. The predicted molar refractivity (Wildman–Crippen MR) is 337 cm³/mol. The Kier molecular flexibility index (Phi) is 18.5. The molecule has 4 aromatic carbocycles. The van der Waals surface area contributed by atoms with Gasteiger partial charge in [0.2, 0.25) is 12.1 Å². The molecule has 2 aliphatic heterocycles. The molecule has 20 nitrogen and oxygen atoms in total. The van der Waals surface area contributed by atoms with E-state index in [1.54, 1.807) is 24.3 Å². The zero-order chi connectivity index (χ0) is 64.1. The fraction of sp³-hybridized carbons (Fsp3) is 0.535. The molecule has 6 aliphatic carbocycles. The van der Waals surface area contributed by atoms with E-state index in [0.717, 1.165) is 68.9 Å². The monoisotopic (exact) mass is 1250 g/mol.